The lowest BCUT2D eigenvalue weighted by Gasteiger charge is -2.18. The van der Waals surface area contributed by atoms with E-state index >= 15 is 0 Å². The van der Waals surface area contributed by atoms with E-state index in [0.717, 1.165) is 11.3 Å². The normalized spacial score (nSPS) is 12.3. The highest BCUT2D eigenvalue weighted by atomic mass is 19.1. The van der Waals surface area contributed by atoms with Crippen LogP contribution in [0.2, 0.25) is 0 Å². The largest absolute Gasteiger partial charge is 0.378 e. The number of aryl methyl sites for hydroxylation is 3. The van der Waals surface area contributed by atoms with E-state index in [1.807, 2.05) is 19.1 Å². The highest BCUT2D eigenvalue weighted by Gasteiger charge is 2.09. The van der Waals surface area contributed by atoms with Crippen LogP contribution in [0.25, 0.3) is 0 Å². The smallest absolute Gasteiger partial charge is 0.126 e. The second kappa shape index (κ2) is 5.43. The molecular weight excluding hydrogens is 237 g/mol. The lowest BCUT2D eigenvalue weighted by molar-refractivity contribution is 0.614. The molecule has 2 aromatic rings. The lowest BCUT2D eigenvalue weighted by Crippen LogP contribution is -2.08. The third-order valence-corrected chi connectivity index (χ3v) is 3.46. The molecule has 0 aliphatic carbocycles. The Kier molecular flexibility index (Phi) is 3.89. The summed E-state index contributed by atoms with van der Waals surface area (Å²) in [6.45, 7) is 7.97. The van der Waals surface area contributed by atoms with Crippen molar-refractivity contribution >= 4 is 5.69 Å². The maximum atomic E-state index is 13.6. The van der Waals surface area contributed by atoms with E-state index in [1.165, 1.54) is 11.1 Å². The second-order valence-corrected chi connectivity index (χ2v) is 5.19. The molecule has 0 bridgehead atoms. The first kappa shape index (κ1) is 13.6. The molecule has 1 N–H and O–H groups in total. The van der Waals surface area contributed by atoms with Gasteiger partial charge in [-0.1, -0.05) is 24.3 Å². The van der Waals surface area contributed by atoms with Crippen LogP contribution in [0.3, 0.4) is 0 Å². The van der Waals surface area contributed by atoms with E-state index in [2.05, 4.69) is 37.4 Å². The average molecular weight is 257 g/mol. The van der Waals surface area contributed by atoms with E-state index in [4.69, 9.17) is 0 Å². The maximum absolute atomic E-state index is 13.6. The van der Waals surface area contributed by atoms with Gasteiger partial charge >= 0.3 is 0 Å². The summed E-state index contributed by atoms with van der Waals surface area (Å²) in [5.74, 6) is -0.146. The Bertz CT molecular complexity index is 590. The SMILES string of the molecule is Cc1ccc(C)c(NC(C)c2ccc(C)c(F)c2)c1. The molecule has 100 valence electrons. The fraction of sp³-hybridized carbons (Fsp3) is 0.294. The molecule has 0 heterocycles. The van der Waals surface area contributed by atoms with Gasteiger partial charge in [-0.2, -0.15) is 0 Å². The molecule has 0 saturated carbocycles. The third-order valence-electron chi connectivity index (χ3n) is 3.46. The summed E-state index contributed by atoms with van der Waals surface area (Å²) in [6, 6.07) is 11.8. The topological polar surface area (TPSA) is 12.0 Å². The van der Waals surface area contributed by atoms with Crippen LogP contribution in [-0.2, 0) is 0 Å². The number of nitrogens with one attached hydrogen (secondary N) is 1. The Morgan fingerprint density at radius 1 is 0.947 bits per heavy atom. The number of hydrogen-bond donors (Lipinski definition) is 1. The van der Waals surface area contributed by atoms with Gasteiger partial charge in [-0.15, -0.1) is 0 Å². The molecule has 0 amide bonds. The summed E-state index contributed by atoms with van der Waals surface area (Å²) in [5, 5.41) is 3.45. The van der Waals surface area contributed by atoms with E-state index in [-0.39, 0.29) is 11.9 Å². The zero-order chi connectivity index (χ0) is 14.0. The molecular formula is C17H20FN. The van der Waals surface area contributed by atoms with Crippen molar-refractivity contribution in [2.45, 2.75) is 33.7 Å². The van der Waals surface area contributed by atoms with Crippen molar-refractivity contribution in [1.29, 1.82) is 0 Å². The van der Waals surface area contributed by atoms with Crippen LogP contribution in [0.4, 0.5) is 10.1 Å². The monoisotopic (exact) mass is 257 g/mol. The fourth-order valence-electron chi connectivity index (χ4n) is 2.09. The van der Waals surface area contributed by atoms with Crippen LogP contribution >= 0.6 is 0 Å². The van der Waals surface area contributed by atoms with Crippen molar-refractivity contribution in [3.05, 3.63) is 64.5 Å². The van der Waals surface area contributed by atoms with Gasteiger partial charge in [0.2, 0.25) is 0 Å². The van der Waals surface area contributed by atoms with Crippen molar-refractivity contribution in [1.82, 2.24) is 0 Å². The number of anilines is 1. The highest BCUT2D eigenvalue weighted by molar-refractivity contribution is 5.53. The Morgan fingerprint density at radius 2 is 1.63 bits per heavy atom. The molecule has 0 aliphatic heterocycles. The molecule has 0 spiro atoms. The molecule has 19 heavy (non-hydrogen) atoms. The standard InChI is InChI=1S/C17H20FN/c1-11-5-6-13(3)17(9-11)19-14(4)15-8-7-12(2)16(18)10-15/h5-10,14,19H,1-4H3. The van der Waals surface area contributed by atoms with E-state index in [1.54, 1.807) is 13.0 Å². The average Bonchev–Trinajstić information content (AvgIpc) is 2.37. The number of benzene rings is 2. The van der Waals surface area contributed by atoms with Crippen molar-refractivity contribution in [3.63, 3.8) is 0 Å². The van der Waals surface area contributed by atoms with Gasteiger partial charge in [-0.25, -0.2) is 4.39 Å². The van der Waals surface area contributed by atoms with Gasteiger partial charge < -0.3 is 5.32 Å². The Labute approximate surface area is 114 Å². The molecule has 0 aliphatic rings. The van der Waals surface area contributed by atoms with E-state index < -0.39 is 0 Å². The van der Waals surface area contributed by atoms with Gasteiger partial charge in [0.25, 0.3) is 0 Å². The summed E-state index contributed by atoms with van der Waals surface area (Å²) >= 11 is 0. The van der Waals surface area contributed by atoms with Gasteiger partial charge in [0, 0.05) is 11.7 Å². The molecule has 2 heteroatoms. The van der Waals surface area contributed by atoms with Gasteiger partial charge in [-0.3, -0.25) is 0 Å². The number of hydrogen-bond acceptors (Lipinski definition) is 1. The first-order valence-electron chi connectivity index (χ1n) is 6.57. The second-order valence-electron chi connectivity index (χ2n) is 5.19. The van der Waals surface area contributed by atoms with Gasteiger partial charge in [0.1, 0.15) is 5.82 Å². The predicted octanol–water partition coefficient (Wildman–Crippen LogP) is 4.92. The zero-order valence-electron chi connectivity index (χ0n) is 11.9. The maximum Gasteiger partial charge on any atom is 0.126 e. The molecule has 0 radical (unpaired) electrons. The van der Waals surface area contributed by atoms with Crippen LogP contribution in [0.5, 0.6) is 0 Å². The number of halogens is 1. The highest BCUT2D eigenvalue weighted by Crippen LogP contribution is 2.24. The van der Waals surface area contributed by atoms with Gasteiger partial charge in [0.05, 0.1) is 0 Å². The third kappa shape index (κ3) is 3.14. The summed E-state index contributed by atoms with van der Waals surface area (Å²) in [4.78, 5) is 0. The first-order chi connectivity index (χ1) is 8.97. The van der Waals surface area contributed by atoms with Crippen LogP contribution in [-0.4, -0.2) is 0 Å². The van der Waals surface area contributed by atoms with Crippen LogP contribution in [0.1, 0.15) is 35.2 Å². The molecule has 0 saturated heterocycles. The van der Waals surface area contributed by atoms with Crippen LogP contribution < -0.4 is 5.32 Å². The van der Waals surface area contributed by atoms with Crippen LogP contribution in [0.15, 0.2) is 36.4 Å². The first-order valence-corrected chi connectivity index (χ1v) is 6.57. The summed E-state index contributed by atoms with van der Waals surface area (Å²) in [6.07, 6.45) is 0. The van der Waals surface area contributed by atoms with Crippen LogP contribution in [0, 0.1) is 26.6 Å². The summed E-state index contributed by atoms with van der Waals surface area (Å²) < 4.78 is 13.6. The molecule has 1 atom stereocenters. The minimum absolute atomic E-state index is 0.0793. The molecule has 1 nitrogen and oxygen atoms in total. The minimum atomic E-state index is -0.146. The Morgan fingerprint density at radius 3 is 2.32 bits per heavy atom. The quantitative estimate of drug-likeness (QED) is 0.822. The zero-order valence-corrected chi connectivity index (χ0v) is 11.9. The summed E-state index contributed by atoms with van der Waals surface area (Å²) in [7, 11) is 0. The van der Waals surface area contributed by atoms with E-state index in [9.17, 15) is 4.39 Å². The minimum Gasteiger partial charge on any atom is -0.378 e. The van der Waals surface area contributed by atoms with Gasteiger partial charge in [0.15, 0.2) is 0 Å². The number of rotatable bonds is 3. The molecule has 2 aromatic carbocycles. The molecule has 1 unspecified atom stereocenters. The summed E-state index contributed by atoms with van der Waals surface area (Å²) in [5.41, 5.74) is 5.17. The van der Waals surface area contributed by atoms with E-state index in [0.29, 0.717) is 5.56 Å². The fourth-order valence-corrected chi connectivity index (χ4v) is 2.09. The molecule has 0 aromatic heterocycles. The predicted molar refractivity (Wildman–Crippen MR) is 79.1 cm³/mol. The van der Waals surface area contributed by atoms with Gasteiger partial charge in [-0.05, 0) is 62.1 Å². The Hall–Kier alpha value is -1.83. The molecule has 2 rings (SSSR count). The van der Waals surface area contributed by atoms with Crippen molar-refractivity contribution < 1.29 is 4.39 Å². The van der Waals surface area contributed by atoms with Crippen molar-refractivity contribution in [2.75, 3.05) is 5.32 Å². The Balaban J connectivity index is 2.22. The lowest BCUT2D eigenvalue weighted by atomic mass is 10.0. The van der Waals surface area contributed by atoms with Crippen molar-refractivity contribution in [3.8, 4) is 0 Å². The molecule has 0 fully saturated rings. The van der Waals surface area contributed by atoms with Crippen molar-refractivity contribution in [2.24, 2.45) is 0 Å².